The van der Waals surface area contributed by atoms with Crippen molar-refractivity contribution in [3.05, 3.63) is 72.1 Å². The number of hydrogen-bond donors (Lipinski definition) is 2. The second kappa shape index (κ2) is 7.63. The van der Waals surface area contributed by atoms with Crippen molar-refractivity contribution in [3.63, 3.8) is 0 Å². The first-order valence-corrected chi connectivity index (χ1v) is 10.1. The lowest BCUT2D eigenvalue weighted by molar-refractivity contribution is 0.601. The van der Waals surface area contributed by atoms with Gasteiger partial charge in [0, 0.05) is 30.1 Å². The fourth-order valence-corrected chi connectivity index (χ4v) is 3.45. The molecule has 0 spiro atoms. The predicted octanol–water partition coefficient (Wildman–Crippen LogP) is 2.89. The number of nitrogens with zero attached hydrogens (tertiary/aromatic N) is 2. The van der Waals surface area contributed by atoms with Gasteiger partial charge >= 0.3 is 0 Å². The van der Waals surface area contributed by atoms with Crippen LogP contribution in [0.15, 0.2) is 60.9 Å². The van der Waals surface area contributed by atoms with Gasteiger partial charge in [-0.25, -0.2) is 18.4 Å². The van der Waals surface area contributed by atoms with Crippen LogP contribution in [0, 0.1) is 0 Å². The number of sulfone groups is 1. The van der Waals surface area contributed by atoms with E-state index in [-0.39, 0.29) is 5.75 Å². The Morgan fingerprint density at radius 3 is 2.42 bits per heavy atom. The van der Waals surface area contributed by atoms with E-state index in [1.165, 1.54) is 12.6 Å². The molecule has 2 aromatic carbocycles. The standard InChI is InChI=1S/C19H20N4O2S/c1-26(24,25)12-15-7-14(11-20)8-17(9-15)23-19-10-18(21-13-22-19)16-5-3-2-4-6-16/h2-10,13H,11-12,20H2,1H3,(H,21,22,23). The molecule has 1 heterocycles. The van der Waals surface area contributed by atoms with E-state index in [1.807, 2.05) is 48.5 Å². The topological polar surface area (TPSA) is 98.0 Å². The predicted molar refractivity (Wildman–Crippen MR) is 104 cm³/mol. The van der Waals surface area contributed by atoms with Crippen LogP contribution in [-0.2, 0) is 22.1 Å². The van der Waals surface area contributed by atoms with Gasteiger partial charge in [-0.1, -0.05) is 36.4 Å². The summed E-state index contributed by atoms with van der Waals surface area (Å²) in [5, 5.41) is 3.21. The lowest BCUT2D eigenvalue weighted by Gasteiger charge is -2.11. The summed E-state index contributed by atoms with van der Waals surface area (Å²) in [6, 6.07) is 17.1. The lowest BCUT2D eigenvalue weighted by Crippen LogP contribution is -2.05. The van der Waals surface area contributed by atoms with Crippen molar-refractivity contribution < 1.29 is 8.42 Å². The van der Waals surface area contributed by atoms with Gasteiger partial charge < -0.3 is 11.1 Å². The van der Waals surface area contributed by atoms with Crippen LogP contribution in [0.1, 0.15) is 11.1 Å². The maximum atomic E-state index is 11.6. The van der Waals surface area contributed by atoms with Gasteiger partial charge in [0.2, 0.25) is 0 Å². The summed E-state index contributed by atoms with van der Waals surface area (Å²) >= 11 is 0. The number of hydrogen-bond acceptors (Lipinski definition) is 6. The van der Waals surface area contributed by atoms with Gasteiger partial charge in [-0.05, 0) is 23.3 Å². The largest absolute Gasteiger partial charge is 0.340 e. The number of anilines is 2. The molecule has 0 fully saturated rings. The number of nitrogens with two attached hydrogens (primary N) is 1. The average molecular weight is 368 g/mol. The third kappa shape index (κ3) is 4.87. The summed E-state index contributed by atoms with van der Waals surface area (Å²) in [6.45, 7) is 0.325. The Morgan fingerprint density at radius 1 is 1.00 bits per heavy atom. The molecule has 134 valence electrons. The van der Waals surface area contributed by atoms with Crippen LogP contribution < -0.4 is 11.1 Å². The van der Waals surface area contributed by atoms with E-state index >= 15 is 0 Å². The Labute approximate surface area is 153 Å². The molecule has 0 radical (unpaired) electrons. The first kappa shape index (κ1) is 18.0. The molecule has 0 atom stereocenters. The number of rotatable bonds is 6. The highest BCUT2D eigenvalue weighted by Crippen LogP contribution is 2.23. The highest BCUT2D eigenvalue weighted by molar-refractivity contribution is 7.89. The zero-order chi connectivity index (χ0) is 18.6. The van der Waals surface area contributed by atoms with Crippen molar-refractivity contribution in [2.75, 3.05) is 11.6 Å². The van der Waals surface area contributed by atoms with Crippen molar-refractivity contribution in [1.29, 1.82) is 0 Å². The van der Waals surface area contributed by atoms with Gasteiger partial charge in [0.25, 0.3) is 0 Å². The van der Waals surface area contributed by atoms with Crippen LogP contribution in [0.25, 0.3) is 11.3 Å². The van der Waals surface area contributed by atoms with E-state index in [1.54, 1.807) is 6.07 Å². The van der Waals surface area contributed by atoms with Gasteiger partial charge in [-0.2, -0.15) is 0 Å². The minimum Gasteiger partial charge on any atom is -0.340 e. The number of nitrogens with one attached hydrogen (secondary N) is 1. The molecular formula is C19H20N4O2S. The minimum atomic E-state index is -3.13. The van der Waals surface area contributed by atoms with Gasteiger partial charge in [-0.3, -0.25) is 0 Å². The summed E-state index contributed by atoms with van der Waals surface area (Å²) in [6.07, 6.45) is 2.71. The van der Waals surface area contributed by atoms with Crippen LogP contribution in [-0.4, -0.2) is 24.6 Å². The lowest BCUT2D eigenvalue weighted by atomic mass is 10.1. The molecule has 26 heavy (non-hydrogen) atoms. The fraction of sp³-hybridized carbons (Fsp3) is 0.158. The van der Waals surface area contributed by atoms with Gasteiger partial charge in [0.15, 0.2) is 9.84 Å². The molecular weight excluding hydrogens is 348 g/mol. The van der Waals surface area contributed by atoms with E-state index < -0.39 is 9.84 Å². The molecule has 0 aliphatic rings. The van der Waals surface area contributed by atoms with E-state index in [2.05, 4.69) is 15.3 Å². The summed E-state index contributed by atoms with van der Waals surface area (Å²) in [5.41, 5.74) is 9.82. The van der Waals surface area contributed by atoms with Crippen LogP contribution in [0.3, 0.4) is 0 Å². The van der Waals surface area contributed by atoms with Gasteiger partial charge in [-0.15, -0.1) is 0 Å². The summed E-state index contributed by atoms with van der Waals surface area (Å²) in [5.74, 6) is 0.590. The maximum absolute atomic E-state index is 11.6. The molecule has 0 amide bonds. The number of aromatic nitrogens is 2. The molecule has 0 aliphatic heterocycles. The minimum absolute atomic E-state index is 0.0332. The molecule has 0 unspecified atom stereocenters. The molecule has 3 N–H and O–H groups in total. The second-order valence-electron chi connectivity index (χ2n) is 6.09. The normalized spacial score (nSPS) is 11.3. The first-order chi connectivity index (χ1) is 12.4. The van der Waals surface area contributed by atoms with Gasteiger partial charge in [0.05, 0.1) is 11.4 Å². The third-order valence-electron chi connectivity index (χ3n) is 3.73. The van der Waals surface area contributed by atoms with Crippen molar-refractivity contribution in [3.8, 4) is 11.3 Å². The zero-order valence-electron chi connectivity index (χ0n) is 14.4. The van der Waals surface area contributed by atoms with E-state index in [0.29, 0.717) is 17.9 Å². The molecule has 6 nitrogen and oxygen atoms in total. The third-order valence-corrected chi connectivity index (χ3v) is 4.58. The Bertz CT molecular complexity index is 1010. The molecule has 3 aromatic rings. The van der Waals surface area contributed by atoms with E-state index in [4.69, 9.17) is 5.73 Å². The highest BCUT2D eigenvalue weighted by atomic mass is 32.2. The second-order valence-corrected chi connectivity index (χ2v) is 8.23. The molecule has 0 bridgehead atoms. The smallest absolute Gasteiger partial charge is 0.151 e. The summed E-state index contributed by atoms with van der Waals surface area (Å²) < 4.78 is 23.2. The van der Waals surface area contributed by atoms with Crippen molar-refractivity contribution in [2.45, 2.75) is 12.3 Å². The van der Waals surface area contributed by atoms with Gasteiger partial charge in [0.1, 0.15) is 12.1 Å². The SMILES string of the molecule is CS(=O)(=O)Cc1cc(CN)cc(Nc2cc(-c3ccccc3)ncn2)c1. The molecule has 0 aliphatic carbocycles. The van der Waals surface area contributed by atoms with E-state index in [0.717, 1.165) is 22.5 Å². The Hall–Kier alpha value is -2.77. The van der Waals surface area contributed by atoms with Crippen molar-refractivity contribution >= 4 is 21.3 Å². The average Bonchev–Trinajstić information content (AvgIpc) is 2.61. The zero-order valence-corrected chi connectivity index (χ0v) is 15.2. The molecule has 3 rings (SSSR count). The first-order valence-electron chi connectivity index (χ1n) is 8.08. The molecule has 7 heteroatoms. The van der Waals surface area contributed by atoms with Crippen molar-refractivity contribution in [1.82, 2.24) is 9.97 Å². The highest BCUT2D eigenvalue weighted by Gasteiger charge is 2.08. The van der Waals surface area contributed by atoms with Crippen LogP contribution in [0.5, 0.6) is 0 Å². The summed E-state index contributed by atoms with van der Waals surface area (Å²) in [4.78, 5) is 8.55. The van der Waals surface area contributed by atoms with Crippen molar-refractivity contribution in [2.24, 2.45) is 5.73 Å². The van der Waals surface area contributed by atoms with Crippen LogP contribution in [0.2, 0.25) is 0 Å². The van der Waals surface area contributed by atoms with E-state index in [9.17, 15) is 8.42 Å². The summed E-state index contributed by atoms with van der Waals surface area (Å²) in [7, 11) is -3.13. The molecule has 1 aromatic heterocycles. The monoisotopic (exact) mass is 368 g/mol. The number of benzene rings is 2. The Balaban J connectivity index is 1.90. The maximum Gasteiger partial charge on any atom is 0.151 e. The Morgan fingerprint density at radius 2 is 1.73 bits per heavy atom. The van der Waals surface area contributed by atoms with Crippen LogP contribution in [0.4, 0.5) is 11.5 Å². The molecule has 0 saturated heterocycles. The Kier molecular flexibility index (Phi) is 5.29. The fourth-order valence-electron chi connectivity index (χ4n) is 2.68. The quantitative estimate of drug-likeness (QED) is 0.694. The molecule has 0 saturated carbocycles. The van der Waals surface area contributed by atoms with Crippen LogP contribution >= 0.6 is 0 Å².